The van der Waals surface area contributed by atoms with Gasteiger partial charge in [0.15, 0.2) is 0 Å². The van der Waals surface area contributed by atoms with Gasteiger partial charge in [-0.1, -0.05) is 12.1 Å². The first-order valence-corrected chi connectivity index (χ1v) is 6.04. The van der Waals surface area contributed by atoms with E-state index < -0.39 is 0 Å². The predicted octanol–water partition coefficient (Wildman–Crippen LogP) is 3.14. The molecule has 0 radical (unpaired) electrons. The smallest absolute Gasteiger partial charge is 0.140 e. The summed E-state index contributed by atoms with van der Waals surface area (Å²) in [7, 11) is 0. The highest BCUT2D eigenvalue weighted by Crippen LogP contribution is 2.11. The lowest BCUT2D eigenvalue weighted by atomic mass is 10.1. The number of anilines is 1. The zero-order chi connectivity index (χ0) is 13.7. The fraction of sp³-hybridized carbons (Fsp3) is 0.200. The van der Waals surface area contributed by atoms with Crippen molar-refractivity contribution in [3.63, 3.8) is 0 Å². The zero-order valence-electron chi connectivity index (χ0n) is 10.6. The van der Waals surface area contributed by atoms with Gasteiger partial charge in [-0.25, -0.2) is 9.37 Å². The van der Waals surface area contributed by atoms with Crippen LogP contribution in [-0.4, -0.2) is 11.0 Å². The largest absolute Gasteiger partial charge is 0.381 e. The number of nitrogens with one attached hydrogen (secondary N) is 1. The maximum atomic E-state index is 12.8. The van der Waals surface area contributed by atoms with E-state index in [1.807, 2.05) is 19.1 Å². The Balaban J connectivity index is 1.95. The number of nitriles is 1. The molecule has 0 spiro atoms. The van der Waals surface area contributed by atoms with E-state index in [-0.39, 0.29) is 11.9 Å². The van der Waals surface area contributed by atoms with E-state index in [0.717, 1.165) is 17.7 Å². The molecule has 96 valence electrons. The Bertz CT molecular complexity index is 570. The summed E-state index contributed by atoms with van der Waals surface area (Å²) in [6, 6.07) is 12.2. The molecule has 0 fully saturated rings. The molecule has 0 amide bonds. The molecule has 4 heteroatoms. The van der Waals surface area contributed by atoms with Crippen LogP contribution in [0.25, 0.3) is 0 Å². The molecule has 1 atom stereocenters. The minimum absolute atomic E-state index is 0.195. The Morgan fingerprint density at radius 3 is 2.58 bits per heavy atom. The molecular weight excluding hydrogens is 241 g/mol. The van der Waals surface area contributed by atoms with Crippen molar-refractivity contribution < 1.29 is 4.39 Å². The number of pyridine rings is 1. The zero-order valence-corrected chi connectivity index (χ0v) is 10.6. The van der Waals surface area contributed by atoms with Crippen molar-refractivity contribution in [3.05, 3.63) is 59.7 Å². The molecule has 19 heavy (non-hydrogen) atoms. The van der Waals surface area contributed by atoms with Crippen molar-refractivity contribution >= 4 is 5.69 Å². The van der Waals surface area contributed by atoms with Crippen molar-refractivity contribution in [1.29, 1.82) is 5.26 Å². The molecule has 1 unspecified atom stereocenters. The molecule has 1 N–H and O–H groups in total. The molecule has 3 nitrogen and oxygen atoms in total. The van der Waals surface area contributed by atoms with Gasteiger partial charge in [0.2, 0.25) is 0 Å². The third-order valence-corrected chi connectivity index (χ3v) is 2.75. The standard InChI is InChI=1S/C15H14FN3/c1-11(8-12-2-4-13(16)5-3-12)19-15-7-6-14(9-17)18-10-15/h2-7,10-11,19H,8H2,1H3. The highest BCUT2D eigenvalue weighted by molar-refractivity contribution is 5.43. The lowest BCUT2D eigenvalue weighted by Crippen LogP contribution is -2.18. The van der Waals surface area contributed by atoms with E-state index >= 15 is 0 Å². The predicted molar refractivity (Wildman–Crippen MR) is 72.1 cm³/mol. The van der Waals surface area contributed by atoms with E-state index in [4.69, 9.17) is 5.26 Å². The van der Waals surface area contributed by atoms with Gasteiger partial charge in [0, 0.05) is 6.04 Å². The lowest BCUT2D eigenvalue weighted by Gasteiger charge is -2.15. The van der Waals surface area contributed by atoms with Crippen LogP contribution >= 0.6 is 0 Å². The van der Waals surface area contributed by atoms with Crippen LogP contribution in [0.2, 0.25) is 0 Å². The molecule has 0 aliphatic carbocycles. The number of hydrogen-bond donors (Lipinski definition) is 1. The normalized spacial score (nSPS) is 11.6. The molecule has 0 saturated carbocycles. The second-order valence-corrected chi connectivity index (χ2v) is 4.42. The number of nitrogens with zero attached hydrogens (tertiary/aromatic N) is 2. The van der Waals surface area contributed by atoms with Crippen molar-refractivity contribution in [1.82, 2.24) is 4.98 Å². The summed E-state index contributed by atoms with van der Waals surface area (Å²) in [5.41, 5.74) is 2.34. The summed E-state index contributed by atoms with van der Waals surface area (Å²) < 4.78 is 12.8. The van der Waals surface area contributed by atoms with Crippen molar-refractivity contribution in [2.45, 2.75) is 19.4 Å². The minimum Gasteiger partial charge on any atom is -0.381 e. The molecule has 0 bridgehead atoms. The fourth-order valence-corrected chi connectivity index (χ4v) is 1.85. The van der Waals surface area contributed by atoms with Gasteiger partial charge in [0.25, 0.3) is 0 Å². The highest BCUT2D eigenvalue weighted by Gasteiger charge is 2.04. The highest BCUT2D eigenvalue weighted by atomic mass is 19.1. The Morgan fingerprint density at radius 1 is 1.26 bits per heavy atom. The van der Waals surface area contributed by atoms with Crippen LogP contribution in [0, 0.1) is 17.1 Å². The number of halogens is 1. The molecule has 2 rings (SSSR count). The Kier molecular flexibility index (Phi) is 4.09. The van der Waals surface area contributed by atoms with E-state index in [2.05, 4.69) is 10.3 Å². The average Bonchev–Trinajstić information content (AvgIpc) is 2.42. The van der Waals surface area contributed by atoms with E-state index in [0.29, 0.717) is 5.69 Å². The third kappa shape index (κ3) is 3.78. The van der Waals surface area contributed by atoms with E-state index in [1.165, 1.54) is 12.1 Å². The molecule has 0 aliphatic rings. The summed E-state index contributed by atoms with van der Waals surface area (Å²) in [4.78, 5) is 4.00. The van der Waals surface area contributed by atoms with Gasteiger partial charge in [-0.05, 0) is 43.2 Å². The van der Waals surface area contributed by atoms with Crippen LogP contribution in [0.4, 0.5) is 10.1 Å². The van der Waals surface area contributed by atoms with Gasteiger partial charge in [-0.15, -0.1) is 0 Å². The monoisotopic (exact) mass is 255 g/mol. The van der Waals surface area contributed by atoms with Crippen LogP contribution in [-0.2, 0) is 6.42 Å². The van der Waals surface area contributed by atoms with Crippen LogP contribution in [0.3, 0.4) is 0 Å². The maximum Gasteiger partial charge on any atom is 0.140 e. The van der Waals surface area contributed by atoms with Crippen LogP contribution in [0.1, 0.15) is 18.2 Å². The molecule has 1 aromatic heterocycles. The lowest BCUT2D eigenvalue weighted by molar-refractivity contribution is 0.626. The van der Waals surface area contributed by atoms with Gasteiger partial charge in [-0.2, -0.15) is 5.26 Å². The Labute approximate surface area is 111 Å². The van der Waals surface area contributed by atoms with Gasteiger partial charge in [-0.3, -0.25) is 0 Å². The molecule has 0 saturated heterocycles. The SMILES string of the molecule is CC(Cc1ccc(F)cc1)Nc1ccc(C#N)nc1. The van der Waals surface area contributed by atoms with Crippen molar-refractivity contribution in [2.75, 3.05) is 5.32 Å². The first-order valence-electron chi connectivity index (χ1n) is 6.04. The fourth-order valence-electron chi connectivity index (χ4n) is 1.85. The quantitative estimate of drug-likeness (QED) is 0.913. The minimum atomic E-state index is -0.222. The third-order valence-electron chi connectivity index (χ3n) is 2.75. The van der Waals surface area contributed by atoms with Crippen molar-refractivity contribution in [2.24, 2.45) is 0 Å². The Morgan fingerprint density at radius 2 is 2.00 bits per heavy atom. The summed E-state index contributed by atoms with van der Waals surface area (Å²) >= 11 is 0. The first kappa shape index (κ1) is 13.0. The number of benzene rings is 1. The van der Waals surface area contributed by atoms with E-state index in [9.17, 15) is 4.39 Å². The number of rotatable bonds is 4. The molecule has 1 aromatic carbocycles. The topological polar surface area (TPSA) is 48.7 Å². The van der Waals surface area contributed by atoms with Gasteiger partial charge in [0.1, 0.15) is 17.6 Å². The van der Waals surface area contributed by atoms with Crippen LogP contribution in [0.15, 0.2) is 42.6 Å². The first-order chi connectivity index (χ1) is 9.17. The van der Waals surface area contributed by atoms with Gasteiger partial charge >= 0.3 is 0 Å². The molecule has 2 aromatic rings. The average molecular weight is 255 g/mol. The molecule has 0 aliphatic heterocycles. The maximum absolute atomic E-state index is 12.8. The molecular formula is C15H14FN3. The number of hydrogen-bond acceptors (Lipinski definition) is 3. The summed E-state index contributed by atoms with van der Waals surface area (Å²) in [5.74, 6) is -0.222. The Hall–Kier alpha value is -2.41. The summed E-state index contributed by atoms with van der Waals surface area (Å²) in [6.45, 7) is 2.04. The van der Waals surface area contributed by atoms with Crippen LogP contribution in [0.5, 0.6) is 0 Å². The summed E-state index contributed by atoms with van der Waals surface area (Å²) in [6.07, 6.45) is 2.43. The van der Waals surface area contributed by atoms with E-state index in [1.54, 1.807) is 24.4 Å². The van der Waals surface area contributed by atoms with Crippen molar-refractivity contribution in [3.8, 4) is 6.07 Å². The van der Waals surface area contributed by atoms with Gasteiger partial charge in [0.05, 0.1) is 11.9 Å². The second-order valence-electron chi connectivity index (χ2n) is 4.42. The van der Waals surface area contributed by atoms with Crippen LogP contribution < -0.4 is 5.32 Å². The molecule has 1 heterocycles. The second kappa shape index (κ2) is 5.96. The van der Waals surface area contributed by atoms with Gasteiger partial charge < -0.3 is 5.32 Å². The summed E-state index contributed by atoms with van der Waals surface area (Å²) in [5, 5.41) is 12.0. The number of aromatic nitrogens is 1.